The molecule has 0 amide bonds. The average Bonchev–Trinajstić information content (AvgIpc) is 2.37. The number of Topliss-reactive ketones (excluding diaryl/α,β-unsaturated/α-hetero) is 1. The summed E-state index contributed by atoms with van der Waals surface area (Å²) in [5.41, 5.74) is 0.240. The molecule has 0 N–H and O–H groups in total. The van der Waals surface area contributed by atoms with Gasteiger partial charge in [-0.05, 0) is 44.9 Å². The molecule has 4 heteroatoms. The molecular weight excluding hydrogens is 248 g/mol. The Balaban J connectivity index is 2.09. The van der Waals surface area contributed by atoms with Gasteiger partial charge < -0.3 is 0 Å². The molecule has 2 atom stereocenters. The van der Waals surface area contributed by atoms with Gasteiger partial charge in [-0.3, -0.25) is 9.69 Å². The Morgan fingerprint density at radius 3 is 2.42 bits per heavy atom. The summed E-state index contributed by atoms with van der Waals surface area (Å²) in [5, 5.41) is 0. The summed E-state index contributed by atoms with van der Waals surface area (Å²) >= 11 is 0. The number of carbonyl (C=O) groups is 1. The molecule has 1 aromatic carbocycles. The molecule has 0 bridgehead atoms. The van der Waals surface area contributed by atoms with Crippen molar-refractivity contribution in [2.24, 2.45) is 0 Å². The Labute approximate surface area is 112 Å². The first-order chi connectivity index (χ1) is 8.99. The Kier molecular flexibility index (Phi) is 4.30. The lowest BCUT2D eigenvalue weighted by molar-refractivity contribution is 0.0734. The van der Waals surface area contributed by atoms with Crippen molar-refractivity contribution in [1.29, 1.82) is 0 Å². The Morgan fingerprint density at radius 1 is 1.21 bits per heavy atom. The zero-order valence-electron chi connectivity index (χ0n) is 11.3. The predicted octanol–water partition coefficient (Wildman–Crippen LogP) is 3.41. The van der Waals surface area contributed by atoms with Crippen LogP contribution >= 0.6 is 0 Å². The Morgan fingerprint density at radius 2 is 1.84 bits per heavy atom. The molecule has 1 aliphatic rings. The minimum Gasteiger partial charge on any atom is -0.293 e. The average molecular weight is 267 g/mol. The quantitative estimate of drug-likeness (QED) is 0.782. The fourth-order valence-corrected chi connectivity index (χ4v) is 2.71. The Hall–Kier alpha value is -1.29. The van der Waals surface area contributed by atoms with Gasteiger partial charge in [0.05, 0.1) is 6.54 Å². The number of carbonyl (C=O) groups excluding carboxylic acids is 1. The number of halogens is 2. The zero-order valence-corrected chi connectivity index (χ0v) is 11.3. The van der Waals surface area contributed by atoms with Crippen molar-refractivity contribution in [3.63, 3.8) is 0 Å². The second-order valence-electron chi connectivity index (χ2n) is 5.35. The van der Waals surface area contributed by atoms with E-state index < -0.39 is 11.6 Å². The van der Waals surface area contributed by atoms with E-state index >= 15 is 0 Å². The van der Waals surface area contributed by atoms with Gasteiger partial charge >= 0.3 is 0 Å². The molecule has 0 radical (unpaired) electrons. The van der Waals surface area contributed by atoms with E-state index in [0.717, 1.165) is 25.0 Å². The summed E-state index contributed by atoms with van der Waals surface area (Å²) in [6.07, 6.45) is 3.34. The van der Waals surface area contributed by atoms with E-state index in [9.17, 15) is 13.6 Å². The minimum absolute atomic E-state index is 0.153. The molecule has 1 fully saturated rings. The largest absolute Gasteiger partial charge is 0.293 e. The molecule has 1 aliphatic heterocycles. The lowest BCUT2D eigenvalue weighted by atomic mass is 9.96. The summed E-state index contributed by atoms with van der Waals surface area (Å²) in [7, 11) is 0. The lowest BCUT2D eigenvalue weighted by Crippen LogP contribution is -2.46. The number of likely N-dealkylation sites (tertiary alicyclic amines) is 1. The predicted molar refractivity (Wildman–Crippen MR) is 70.2 cm³/mol. The van der Waals surface area contributed by atoms with E-state index in [1.165, 1.54) is 12.5 Å². The summed E-state index contributed by atoms with van der Waals surface area (Å²) in [4.78, 5) is 14.3. The summed E-state index contributed by atoms with van der Waals surface area (Å²) in [6.45, 7) is 4.48. The molecule has 0 aliphatic carbocycles. The number of hydrogen-bond acceptors (Lipinski definition) is 2. The van der Waals surface area contributed by atoms with Crippen molar-refractivity contribution in [3.05, 3.63) is 35.4 Å². The number of benzene rings is 1. The minimum atomic E-state index is -0.967. The van der Waals surface area contributed by atoms with E-state index in [2.05, 4.69) is 18.7 Å². The molecule has 19 heavy (non-hydrogen) atoms. The highest BCUT2D eigenvalue weighted by Crippen LogP contribution is 2.22. The lowest BCUT2D eigenvalue weighted by Gasteiger charge is -2.38. The first kappa shape index (κ1) is 14.1. The van der Waals surface area contributed by atoms with Gasteiger partial charge in [0.2, 0.25) is 0 Å². The van der Waals surface area contributed by atoms with Crippen molar-refractivity contribution < 1.29 is 13.6 Å². The van der Waals surface area contributed by atoms with Gasteiger partial charge in [0, 0.05) is 17.6 Å². The zero-order chi connectivity index (χ0) is 14.0. The standard InChI is InChI=1S/C15H19F2NO/c1-10-4-3-5-11(2)18(10)9-15(19)12-6-7-13(16)14(17)8-12/h6-8,10-11H,3-5,9H2,1-2H3. The summed E-state index contributed by atoms with van der Waals surface area (Å²) < 4.78 is 26.0. The highest BCUT2D eigenvalue weighted by Gasteiger charge is 2.26. The highest BCUT2D eigenvalue weighted by atomic mass is 19.2. The highest BCUT2D eigenvalue weighted by molar-refractivity contribution is 5.97. The molecule has 1 aromatic rings. The number of ketones is 1. The van der Waals surface area contributed by atoms with Crippen molar-refractivity contribution in [2.45, 2.75) is 45.2 Å². The third-order valence-corrected chi connectivity index (χ3v) is 3.94. The molecule has 1 heterocycles. The molecule has 104 valence electrons. The van der Waals surface area contributed by atoms with Gasteiger partial charge in [-0.15, -0.1) is 0 Å². The van der Waals surface area contributed by atoms with E-state index in [0.29, 0.717) is 12.1 Å². The van der Waals surface area contributed by atoms with Crippen molar-refractivity contribution in [2.75, 3.05) is 6.54 Å². The SMILES string of the molecule is CC1CCCC(C)N1CC(=O)c1ccc(F)c(F)c1. The maximum Gasteiger partial charge on any atom is 0.176 e. The number of nitrogens with zero attached hydrogens (tertiary/aromatic N) is 1. The maximum absolute atomic E-state index is 13.1. The molecule has 0 saturated carbocycles. The van der Waals surface area contributed by atoms with E-state index in [1.54, 1.807) is 0 Å². The molecule has 0 spiro atoms. The van der Waals surface area contributed by atoms with Crippen LogP contribution in [-0.4, -0.2) is 29.3 Å². The molecular formula is C15H19F2NO. The van der Waals surface area contributed by atoms with Gasteiger partial charge in [0.1, 0.15) is 0 Å². The number of hydrogen-bond donors (Lipinski definition) is 0. The normalized spacial score (nSPS) is 24.4. The van der Waals surface area contributed by atoms with E-state index in [4.69, 9.17) is 0 Å². The van der Waals surface area contributed by atoms with E-state index in [-0.39, 0.29) is 17.9 Å². The van der Waals surface area contributed by atoms with Gasteiger partial charge in [-0.2, -0.15) is 0 Å². The van der Waals surface area contributed by atoms with Crippen LogP contribution in [0.15, 0.2) is 18.2 Å². The van der Waals surface area contributed by atoms with Gasteiger partial charge in [-0.1, -0.05) is 6.42 Å². The topological polar surface area (TPSA) is 20.3 Å². The summed E-state index contributed by atoms with van der Waals surface area (Å²) in [5.74, 6) is -2.04. The van der Waals surface area contributed by atoms with Gasteiger partial charge in [0.25, 0.3) is 0 Å². The first-order valence-corrected chi connectivity index (χ1v) is 6.73. The van der Waals surface area contributed by atoms with Crippen LogP contribution in [0.1, 0.15) is 43.5 Å². The van der Waals surface area contributed by atoms with Crippen molar-refractivity contribution >= 4 is 5.78 Å². The van der Waals surface area contributed by atoms with Crippen LogP contribution in [0.5, 0.6) is 0 Å². The third kappa shape index (κ3) is 3.18. The fraction of sp³-hybridized carbons (Fsp3) is 0.533. The van der Waals surface area contributed by atoms with Crippen LogP contribution in [0.3, 0.4) is 0 Å². The number of piperidine rings is 1. The first-order valence-electron chi connectivity index (χ1n) is 6.73. The van der Waals surface area contributed by atoms with Gasteiger partial charge in [-0.25, -0.2) is 8.78 Å². The van der Waals surface area contributed by atoms with Crippen LogP contribution in [0.2, 0.25) is 0 Å². The van der Waals surface area contributed by atoms with Crippen LogP contribution in [-0.2, 0) is 0 Å². The molecule has 2 rings (SSSR count). The third-order valence-electron chi connectivity index (χ3n) is 3.94. The Bertz CT molecular complexity index is 465. The van der Waals surface area contributed by atoms with Crippen molar-refractivity contribution in [1.82, 2.24) is 4.90 Å². The van der Waals surface area contributed by atoms with Crippen LogP contribution in [0.4, 0.5) is 8.78 Å². The van der Waals surface area contributed by atoms with Gasteiger partial charge in [0.15, 0.2) is 17.4 Å². The second-order valence-corrected chi connectivity index (χ2v) is 5.35. The second kappa shape index (κ2) is 5.78. The van der Waals surface area contributed by atoms with Crippen molar-refractivity contribution in [3.8, 4) is 0 Å². The number of rotatable bonds is 3. The fourth-order valence-electron chi connectivity index (χ4n) is 2.71. The van der Waals surface area contributed by atoms with Crippen LogP contribution in [0, 0.1) is 11.6 Å². The smallest absolute Gasteiger partial charge is 0.176 e. The van der Waals surface area contributed by atoms with Crippen LogP contribution < -0.4 is 0 Å². The van der Waals surface area contributed by atoms with Crippen LogP contribution in [0.25, 0.3) is 0 Å². The molecule has 0 aromatic heterocycles. The molecule has 1 saturated heterocycles. The van der Waals surface area contributed by atoms with E-state index in [1.807, 2.05) is 0 Å². The monoisotopic (exact) mass is 267 g/mol. The summed E-state index contributed by atoms with van der Waals surface area (Å²) in [6, 6.07) is 4.05. The molecule has 2 nitrogen and oxygen atoms in total. The maximum atomic E-state index is 13.1. The molecule has 2 unspecified atom stereocenters.